The number of benzene rings is 2. The van der Waals surface area contributed by atoms with Gasteiger partial charge in [-0.15, -0.1) is 12.4 Å². The van der Waals surface area contributed by atoms with E-state index in [0.29, 0.717) is 28.8 Å². The van der Waals surface area contributed by atoms with Crippen LogP contribution in [0.5, 0.6) is 0 Å². The van der Waals surface area contributed by atoms with Crippen LogP contribution >= 0.6 is 12.4 Å². The number of pyridine rings is 1. The van der Waals surface area contributed by atoms with E-state index in [9.17, 15) is 9.18 Å². The molecule has 1 aliphatic rings. The molecule has 0 spiro atoms. The molecular weight excluding hydrogens is 489 g/mol. The van der Waals surface area contributed by atoms with Gasteiger partial charge in [-0.3, -0.25) is 14.3 Å². The molecule has 37 heavy (non-hydrogen) atoms. The summed E-state index contributed by atoms with van der Waals surface area (Å²) in [7, 11) is 1.73. The molecule has 2 aromatic heterocycles. The lowest BCUT2D eigenvalue weighted by Gasteiger charge is -2.27. The van der Waals surface area contributed by atoms with Crippen molar-refractivity contribution >= 4 is 18.4 Å². The van der Waals surface area contributed by atoms with Crippen LogP contribution in [0.3, 0.4) is 0 Å². The molecule has 0 radical (unpaired) electrons. The molecular formula is C29H31ClFN5O. The second-order valence-corrected chi connectivity index (χ2v) is 9.24. The van der Waals surface area contributed by atoms with Crippen LogP contribution in [0.25, 0.3) is 22.4 Å². The first kappa shape index (κ1) is 26.5. The summed E-state index contributed by atoms with van der Waals surface area (Å²) in [6.45, 7) is 0.992. The third-order valence-electron chi connectivity index (χ3n) is 6.86. The molecule has 2 atom stereocenters. The lowest BCUT2D eigenvalue weighted by atomic mass is 9.98. The van der Waals surface area contributed by atoms with Gasteiger partial charge in [-0.2, -0.15) is 0 Å². The Labute approximate surface area is 222 Å². The number of halogens is 2. The Morgan fingerprint density at radius 3 is 2.46 bits per heavy atom. The molecule has 1 saturated heterocycles. The molecule has 2 aromatic carbocycles. The van der Waals surface area contributed by atoms with Gasteiger partial charge in [-0.25, -0.2) is 9.37 Å². The highest BCUT2D eigenvalue weighted by molar-refractivity contribution is 5.85. The SMILES string of the molecule is Cl.Cn1c(NC(CCc2ccccc2)[C@@H]2CCCN2)nc(-c2ccncc2)c(-c2ccc(F)cc2)c1=O. The summed E-state index contributed by atoms with van der Waals surface area (Å²) in [5, 5.41) is 7.23. The highest BCUT2D eigenvalue weighted by atomic mass is 35.5. The monoisotopic (exact) mass is 519 g/mol. The predicted octanol–water partition coefficient (Wildman–Crippen LogP) is 5.24. The van der Waals surface area contributed by atoms with Crippen molar-refractivity contribution in [2.24, 2.45) is 7.05 Å². The molecule has 0 amide bonds. The zero-order valence-corrected chi connectivity index (χ0v) is 21.5. The number of aromatic nitrogens is 3. The van der Waals surface area contributed by atoms with Crippen molar-refractivity contribution in [1.29, 1.82) is 0 Å². The van der Waals surface area contributed by atoms with Gasteiger partial charge in [0.25, 0.3) is 5.56 Å². The van der Waals surface area contributed by atoms with Gasteiger partial charge >= 0.3 is 0 Å². The van der Waals surface area contributed by atoms with E-state index in [-0.39, 0.29) is 29.8 Å². The van der Waals surface area contributed by atoms with Crippen LogP contribution in [0.1, 0.15) is 24.8 Å². The maximum atomic E-state index is 13.7. The fourth-order valence-electron chi connectivity index (χ4n) is 4.89. The van der Waals surface area contributed by atoms with Crippen LogP contribution in [-0.2, 0) is 13.5 Å². The normalized spacial score (nSPS) is 15.7. The molecule has 0 saturated carbocycles. The van der Waals surface area contributed by atoms with E-state index in [0.717, 1.165) is 37.8 Å². The van der Waals surface area contributed by atoms with Gasteiger partial charge in [0, 0.05) is 37.1 Å². The fraction of sp³-hybridized carbons (Fsp3) is 0.276. The highest BCUT2D eigenvalue weighted by Crippen LogP contribution is 2.29. The van der Waals surface area contributed by atoms with Crippen molar-refractivity contribution in [3.8, 4) is 22.4 Å². The number of hydrogen-bond donors (Lipinski definition) is 2. The summed E-state index contributed by atoms with van der Waals surface area (Å²) >= 11 is 0. The Morgan fingerprint density at radius 1 is 1.05 bits per heavy atom. The van der Waals surface area contributed by atoms with Crippen LogP contribution < -0.4 is 16.2 Å². The van der Waals surface area contributed by atoms with Crippen LogP contribution in [0.4, 0.5) is 10.3 Å². The standard InChI is InChI=1S/C29H30FN5O.ClH/c1-35-28(36)26(21-10-12-23(30)13-11-21)27(22-15-18-31-19-16-22)34-29(35)33-25(24-8-5-17-32-24)14-9-20-6-3-2-4-7-20;/h2-4,6-7,10-13,15-16,18-19,24-25,32H,5,8-9,14,17H2,1H3,(H,33,34);1H/t24-,25?;/m0./s1. The Morgan fingerprint density at radius 2 is 1.78 bits per heavy atom. The Bertz CT molecular complexity index is 1360. The van der Waals surface area contributed by atoms with Gasteiger partial charge in [-0.1, -0.05) is 42.5 Å². The van der Waals surface area contributed by atoms with Gasteiger partial charge in [-0.05, 0) is 67.6 Å². The number of rotatable bonds is 8. The molecule has 1 fully saturated rings. The van der Waals surface area contributed by atoms with Crippen molar-refractivity contribution in [1.82, 2.24) is 19.9 Å². The number of hydrogen-bond acceptors (Lipinski definition) is 5. The maximum absolute atomic E-state index is 13.7. The fourth-order valence-corrected chi connectivity index (χ4v) is 4.89. The average molecular weight is 520 g/mol. The minimum Gasteiger partial charge on any atom is -0.351 e. The molecule has 0 aliphatic carbocycles. The third-order valence-corrected chi connectivity index (χ3v) is 6.86. The molecule has 192 valence electrons. The minimum absolute atomic E-state index is 0. The van der Waals surface area contributed by atoms with Gasteiger partial charge in [0.15, 0.2) is 0 Å². The summed E-state index contributed by atoms with van der Waals surface area (Å²) in [5.41, 5.74) is 3.50. The quantitative estimate of drug-likeness (QED) is 0.333. The molecule has 1 unspecified atom stereocenters. The molecule has 4 aromatic rings. The number of nitrogens with one attached hydrogen (secondary N) is 2. The Balaban J connectivity index is 0.00000320. The van der Waals surface area contributed by atoms with Crippen molar-refractivity contribution in [3.63, 3.8) is 0 Å². The van der Waals surface area contributed by atoms with E-state index < -0.39 is 0 Å². The topological polar surface area (TPSA) is 71.8 Å². The van der Waals surface area contributed by atoms with Crippen molar-refractivity contribution < 1.29 is 4.39 Å². The number of nitrogens with zero attached hydrogens (tertiary/aromatic N) is 3. The summed E-state index contributed by atoms with van der Waals surface area (Å²) in [5.74, 6) is 0.169. The van der Waals surface area contributed by atoms with Gasteiger partial charge in [0.1, 0.15) is 5.82 Å². The lowest BCUT2D eigenvalue weighted by molar-refractivity contribution is 0.480. The third kappa shape index (κ3) is 6.06. The first-order chi connectivity index (χ1) is 17.6. The second kappa shape index (κ2) is 12.1. The predicted molar refractivity (Wildman–Crippen MR) is 149 cm³/mol. The molecule has 2 N–H and O–H groups in total. The minimum atomic E-state index is -0.349. The highest BCUT2D eigenvalue weighted by Gasteiger charge is 2.27. The van der Waals surface area contributed by atoms with E-state index in [1.165, 1.54) is 17.7 Å². The van der Waals surface area contributed by atoms with Crippen LogP contribution in [0.15, 0.2) is 83.9 Å². The molecule has 6 nitrogen and oxygen atoms in total. The van der Waals surface area contributed by atoms with Crippen molar-refractivity contribution in [2.75, 3.05) is 11.9 Å². The largest absolute Gasteiger partial charge is 0.351 e. The smallest absolute Gasteiger partial charge is 0.263 e. The summed E-state index contributed by atoms with van der Waals surface area (Å²) in [6, 6.07) is 20.5. The van der Waals surface area contributed by atoms with E-state index in [1.807, 2.05) is 18.2 Å². The van der Waals surface area contributed by atoms with Crippen LogP contribution in [0.2, 0.25) is 0 Å². The first-order valence-electron chi connectivity index (χ1n) is 12.4. The zero-order valence-electron chi connectivity index (χ0n) is 20.7. The average Bonchev–Trinajstić information content (AvgIpc) is 3.46. The second-order valence-electron chi connectivity index (χ2n) is 9.24. The summed E-state index contributed by atoms with van der Waals surface area (Å²) in [6.07, 6.45) is 7.40. The zero-order chi connectivity index (χ0) is 24.9. The van der Waals surface area contributed by atoms with Crippen LogP contribution in [-0.4, -0.2) is 33.2 Å². The van der Waals surface area contributed by atoms with Crippen molar-refractivity contribution in [2.45, 2.75) is 37.8 Å². The molecule has 3 heterocycles. The molecule has 5 rings (SSSR count). The molecule has 8 heteroatoms. The Hall–Kier alpha value is -3.55. The number of aryl methyl sites for hydroxylation is 1. The molecule has 1 aliphatic heterocycles. The first-order valence-corrected chi connectivity index (χ1v) is 12.4. The van der Waals surface area contributed by atoms with Gasteiger partial charge < -0.3 is 10.6 Å². The van der Waals surface area contributed by atoms with E-state index >= 15 is 0 Å². The van der Waals surface area contributed by atoms with Crippen LogP contribution in [0, 0.1) is 5.82 Å². The van der Waals surface area contributed by atoms with E-state index in [4.69, 9.17) is 4.98 Å². The van der Waals surface area contributed by atoms with Crippen molar-refractivity contribution in [3.05, 3.63) is 101 Å². The Kier molecular flexibility index (Phi) is 8.69. The van der Waals surface area contributed by atoms with E-state index in [1.54, 1.807) is 36.1 Å². The summed E-state index contributed by atoms with van der Waals surface area (Å²) < 4.78 is 15.2. The van der Waals surface area contributed by atoms with E-state index in [2.05, 4.69) is 39.9 Å². The molecule has 0 bridgehead atoms. The summed E-state index contributed by atoms with van der Waals surface area (Å²) in [4.78, 5) is 22.8. The maximum Gasteiger partial charge on any atom is 0.263 e. The lowest BCUT2D eigenvalue weighted by Crippen LogP contribution is -2.42. The van der Waals surface area contributed by atoms with Gasteiger partial charge in [0.2, 0.25) is 5.95 Å². The van der Waals surface area contributed by atoms with Gasteiger partial charge in [0.05, 0.1) is 11.3 Å². The number of anilines is 1.